The van der Waals surface area contributed by atoms with E-state index in [2.05, 4.69) is 20.6 Å². The zero-order valence-electron chi connectivity index (χ0n) is 10.5. The van der Waals surface area contributed by atoms with E-state index in [1.165, 1.54) is 6.33 Å². The zero-order chi connectivity index (χ0) is 12.6. The first-order valence-electron chi connectivity index (χ1n) is 5.44. The Labute approximate surface area is 96.7 Å². The number of aromatic nitrogens is 2. The lowest BCUT2D eigenvalue weighted by Crippen LogP contribution is -2.18. The molecule has 1 rings (SSSR count). The van der Waals surface area contributed by atoms with Crippen molar-refractivity contribution in [2.75, 3.05) is 17.7 Å². The van der Waals surface area contributed by atoms with Crippen LogP contribution in [0.1, 0.15) is 27.7 Å². The van der Waals surface area contributed by atoms with Gasteiger partial charge in [-0.25, -0.2) is 9.97 Å². The minimum atomic E-state index is -0.0528. The van der Waals surface area contributed by atoms with E-state index < -0.39 is 0 Å². The van der Waals surface area contributed by atoms with Gasteiger partial charge in [0.2, 0.25) is 5.91 Å². The van der Waals surface area contributed by atoms with E-state index in [0.717, 1.165) is 0 Å². The maximum Gasteiger partial charge on any atom is 0.228 e. The molecule has 0 aliphatic rings. The van der Waals surface area contributed by atoms with Crippen molar-refractivity contribution in [3.8, 4) is 0 Å². The lowest BCUT2D eigenvalue weighted by Gasteiger charge is -2.07. The van der Waals surface area contributed by atoms with E-state index in [-0.39, 0.29) is 11.8 Å². The van der Waals surface area contributed by atoms with Gasteiger partial charge >= 0.3 is 0 Å². The molecule has 0 spiro atoms. The predicted octanol–water partition coefficient (Wildman–Crippen LogP) is 2.14. The van der Waals surface area contributed by atoms with Crippen LogP contribution in [0.25, 0.3) is 0 Å². The van der Waals surface area contributed by atoms with E-state index in [1.54, 1.807) is 13.1 Å². The molecule has 0 aliphatic carbocycles. The quantitative estimate of drug-likeness (QED) is 0.825. The standard InChI is InChI=1S/C9H14N4O.C2H6/c1-6(2)9(14)13-8-4-7(10-3)11-5-12-8;1-2/h4-6H,1-3H3,(H2,10,11,12,13,14);1-2H3. The molecule has 0 bridgehead atoms. The number of rotatable bonds is 3. The Hall–Kier alpha value is -1.65. The van der Waals surface area contributed by atoms with Crippen molar-refractivity contribution in [3.63, 3.8) is 0 Å². The first-order chi connectivity index (χ1) is 7.63. The monoisotopic (exact) mass is 224 g/mol. The Balaban J connectivity index is 0.00000106. The molecule has 90 valence electrons. The fourth-order valence-corrected chi connectivity index (χ4v) is 0.833. The Morgan fingerprint density at radius 1 is 1.25 bits per heavy atom. The second-order valence-electron chi connectivity index (χ2n) is 3.18. The van der Waals surface area contributed by atoms with E-state index >= 15 is 0 Å². The number of hydrogen-bond acceptors (Lipinski definition) is 4. The number of anilines is 2. The van der Waals surface area contributed by atoms with Crippen molar-refractivity contribution in [3.05, 3.63) is 12.4 Å². The summed E-state index contributed by atoms with van der Waals surface area (Å²) in [5.41, 5.74) is 0. The molecule has 0 fully saturated rings. The molecule has 0 aliphatic heterocycles. The molecule has 0 aromatic carbocycles. The van der Waals surface area contributed by atoms with Gasteiger partial charge in [0.1, 0.15) is 18.0 Å². The van der Waals surface area contributed by atoms with E-state index in [4.69, 9.17) is 0 Å². The van der Waals surface area contributed by atoms with Crippen LogP contribution >= 0.6 is 0 Å². The van der Waals surface area contributed by atoms with Gasteiger partial charge in [-0.05, 0) is 0 Å². The molecule has 0 atom stereocenters. The van der Waals surface area contributed by atoms with Gasteiger partial charge in [0.05, 0.1) is 0 Å². The second-order valence-corrected chi connectivity index (χ2v) is 3.18. The van der Waals surface area contributed by atoms with Crippen LogP contribution < -0.4 is 10.6 Å². The summed E-state index contributed by atoms with van der Waals surface area (Å²) in [4.78, 5) is 19.2. The maximum atomic E-state index is 11.3. The lowest BCUT2D eigenvalue weighted by atomic mass is 10.2. The van der Waals surface area contributed by atoms with Gasteiger partial charge in [-0.3, -0.25) is 4.79 Å². The number of carbonyl (C=O) groups excluding carboxylic acids is 1. The largest absolute Gasteiger partial charge is 0.373 e. The molecule has 0 saturated carbocycles. The van der Waals surface area contributed by atoms with Crippen LogP contribution in [0.5, 0.6) is 0 Å². The highest BCUT2D eigenvalue weighted by Gasteiger charge is 2.07. The average molecular weight is 224 g/mol. The Morgan fingerprint density at radius 3 is 2.31 bits per heavy atom. The minimum absolute atomic E-state index is 0.0502. The van der Waals surface area contributed by atoms with Crippen molar-refractivity contribution in [1.82, 2.24) is 9.97 Å². The number of carbonyl (C=O) groups is 1. The van der Waals surface area contributed by atoms with Crippen LogP contribution in [0, 0.1) is 5.92 Å². The summed E-state index contributed by atoms with van der Waals surface area (Å²) in [5.74, 6) is 1.09. The molecule has 1 heterocycles. The van der Waals surface area contributed by atoms with Gasteiger partial charge in [-0.15, -0.1) is 0 Å². The molecule has 5 heteroatoms. The Morgan fingerprint density at radius 2 is 1.81 bits per heavy atom. The number of nitrogens with one attached hydrogen (secondary N) is 2. The molecular formula is C11H20N4O. The third-order valence-corrected chi connectivity index (χ3v) is 1.70. The van der Waals surface area contributed by atoms with Crippen molar-refractivity contribution in [2.24, 2.45) is 5.92 Å². The molecule has 5 nitrogen and oxygen atoms in total. The van der Waals surface area contributed by atoms with Gasteiger partial charge in [0.25, 0.3) is 0 Å². The Bertz CT molecular complexity index is 326. The second kappa shape index (κ2) is 7.62. The molecule has 1 amide bonds. The van der Waals surface area contributed by atoms with Crippen LogP contribution in [-0.4, -0.2) is 22.9 Å². The molecular weight excluding hydrogens is 204 g/mol. The van der Waals surface area contributed by atoms with Crippen molar-refractivity contribution < 1.29 is 4.79 Å². The molecule has 1 aromatic heterocycles. The van der Waals surface area contributed by atoms with Crippen molar-refractivity contribution in [1.29, 1.82) is 0 Å². The first-order valence-corrected chi connectivity index (χ1v) is 5.44. The van der Waals surface area contributed by atoms with Crippen molar-refractivity contribution >= 4 is 17.5 Å². The molecule has 2 N–H and O–H groups in total. The topological polar surface area (TPSA) is 66.9 Å². The van der Waals surface area contributed by atoms with Crippen LogP contribution in [0.4, 0.5) is 11.6 Å². The third kappa shape index (κ3) is 4.72. The predicted molar refractivity (Wildman–Crippen MR) is 66.4 cm³/mol. The van der Waals surface area contributed by atoms with Gasteiger partial charge in [-0.2, -0.15) is 0 Å². The third-order valence-electron chi connectivity index (χ3n) is 1.70. The number of amides is 1. The fourth-order valence-electron chi connectivity index (χ4n) is 0.833. The van der Waals surface area contributed by atoms with E-state index in [9.17, 15) is 4.79 Å². The summed E-state index contributed by atoms with van der Waals surface area (Å²) in [6.45, 7) is 7.66. The summed E-state index contributed by atoms with van der Waals surface area (Å²) >= 11 is 0. The molecule has 0 radical (unpaired) electrons. The van der Waals surface area contributed by atoms with Gasteiger partial charge in [-0.1, -0.05) is 27.7 Å². The molecule has 16 heavy (non-hydrogen) atoms. The summed E-state index contributed by atoms with van der Waals surface area (Å²) in [6.07, 6.45) is 1.40. The van der Waals surface area contributed by atoms with Crippen LogP contribution in [0.15, 0.2) is 12.4 Å². The zero-order valence-corrected chi connectivity index (χ0v) is 10.5. The highest BCUT2D eigenvalue weighted by molar-refractivity contribution is 5.91. The molecule has 1 aromatic rings. The van der Waals surface area contributed by atoms with E-state index in [1.807, 2.05) is 27.7 Å². The van der Waals surface area contributed by atoms with E-state index in [0.29, 0.717) is 11.6 Å². The highest BCUT2D eigenvalue weighted by atomic mass is 16.1. The number of nitrogens with zero attached hydrogens (tertiary/aromatic N) is 2. The minimum Gasteiger partial charge on any atom is -0.373 e. The fraction of sp³-hybridized carbons (Fsp3) is 0.545. The maximum absolute atomic E-state index is 11.3. The lowest BCUT2D eigenvalue weighted by molar-refractivity contribution is -0.118. The molecule has 0 unspecified atom stereocenters. The first kappa shape index (κ1) is 14.3. The van der Waals surface area contributed by atoms with Crippen LogP contribution in [-0.2, 0) is 4.79 Å². The van der Waals surface area contributed by atoms with Crippen LogP contribution in [0.2, 0.25) is 0 Å². The van der Waals surface area contributed by atoms with Crippen LogP contribution in [0.3, 0.4) is 0 Å². The van der Waals surface area contributed by atoms with Crippen molar-refractivity contribution in [2.45, 2.75) is 27.7 Å². The summed E-state index contributed by atoms with van der Waals surface area (Å²) in [5, 5.41) is 5.55. The van der Waals surface area contributed by atoms with Gasteiger partial charge < -0.3 is 10.6 Å². The summed E-state index contributed by atoms with van der Waals surface area (Å²) in [6, 6.07) is 1.68. The average Bonchev–Trinajstić information content (AvgIpc) is 2.31. The van der Waals surface area contributed by atoms with Gasteiger partial charge in [0, 0.05) is 19.0 Å². The smallest absolute Gasteiger partial charge is 0.228 e. The normalized spacial score (nSPS) is 9.12. The Kier molecular flexibility index (Phi) is 6.83. The SMILES string of the molecule is CC.CNc1cc(NC(=O)C(C)C)ncn1. The number of hydrogen-bond donors (Lipinski definition) is 2. The summed E-state index contributed by atoms with van der Waals surface area (Å²) in [7, 11) is 1.76. The summed E-state index contributed by atoms with van der Waals surface area (Å²) < 4.78 is 0. The van der Waals surface area contributed by atoms with Gasteiger partial charge in [0.15, 0.2) is 0 Å². The molecule has 0 saturated heterocycles. The highest BCUT2D eigenvalue weighted by Crippen LogP contribution is 2.08.